The summed E-state index contributed by atoms with van der Waals surface area (Å²) < 4.78 is 15.8. The first-order valence-electron chi connectivity index (χ1n) is 7.93. The van der Waals surface area contributed by atoms with Crippen molar-refractivity contribution in [2.45, 2.75) is 6.92 Å². The van der Waals surface area contributed by atoms with E-state index in [0.717, 1.165) is 17.8 Å². The van der Waals surface area contributed by atoms with Gasteiger partial charge < -0.3 is 5.11 Å². The van der Waals surface area contributed by atoms with Gasteiger partial charge in [0.15, 0.2) is 11.6 Å². The molecule has 0 saturated carbocycles. The maximum atomic E-state index is 14.1. The third-order valence-corrected chi connectivity index (χ3v) is 4.45. The number of phenolic OH excluding ortho intramolecular Hbond substituents is 1. The molecule has 0 aliphatic rings. The van der Waals surface area contributed by atoms with Crippen molar-refractivity contribution in [3.05, 3.63) is 76.7 Å². The molecule has 27 heavy (non-hydrogen) atoms. The molecule has 8 heteroatoms. The number of fused-ring (bicyclic) bond motifs is 1. The highest BCUT2D eigenvalue weighted by molar-refractivity contribution is 6.36. The van der Waals surface area contributed by atoms with Crippen LogP contribution >= 0.6 is 11.6 Å². The number of ketones is 1. The summed E-state index contributed by atoms with van der Waals surface area (Å²) in [5, 5.41) is 9.35. The van der Waals surface area contributed by atoms with Crippen molar-refractivity contribution in [1.82, 2.24) is 19.5 Å². The van der Waals surface area contributed by atoms with Crippen LogP contribution in [-0.2, 0) is 0 Å². The van der Waals surface area contributed by atoms with Gasteiger partial charge in [0.25, 0.3) is 0 Å². The van der Waals surface area contributed by atoms with Gasteiger partial charge in [-0.25, -0.2) is 14.4 Å². The Hall–Kier alpha value is -3.32. The largest absolute Gasteiger partial charge is 0.506 e. The quantitative estimate of drug-likeness (QED) is 0.544. The molecule has 4 aromatic rings. The molecule has 134 valence electrons. The molecule has 2 aromatic carbocycles. The zero-order valence-corrected chi connectivity index (χ0v) is 14.8. The van der Waals surface area contributed by atoms with E-state index in [1.165, 1.54) is 12.1 Å². The van der Waals surface area contributed by atoms with Crippen molar-refractivity contribution >= 4 is 28.4 Å². The van der Waals surface area contributed by atoms with Gasteiger partial charge in [0, 0.05) is 11.8 Å². The van der Waals surface area contributed by atoms with Gasteiger partial charge in [-0.2, -0.15) is 0 Å². The highest BCUT2D eigenvalue weighted by atomic mass is 35.5. The van der Waals surface area contributed by atoms with Crippen LogP contribution in [-0.4, -0.2) is 30.4 Å². The van der Waals surface area contributed by atoms with Crippen molar-refractivity contribution in [2.24, 2.45) is 0 Å². The number of aryl methyl sites for hydroxylation is 1. The first kappa shape index (κ1) is 17.1. The van der Waals surface area contributed by atoms with Gasteiger partial charge in [0.1, 0.15) is 17.9 Å². The second kappa shape index (κ2) is 6.44. The number of halogens is 2. The lowest BCUT2D eigenvalue weighted by molar-refractivity contribution is 0.103. The van der Waals surface area contributed by atoms with Gasteiger partial charge in [0.2, 0.25) is 0 Å². The van der Waals surface area contributed by atoms with Gasteiger partial charge in [0.05, 0.1) is 33.5 Å². The van der Waals surface area contributed by atoms with E-state index in [4.69, 9.17) is 11.6 Å². The number of benzene rings is 2. The lowest BCUT2D eigenvalue weighted by Gasteiger charge is -2.08. The predicted molar refractivity (Wildman–Crippen MR) is 97.9 cm³/mol. The van der Waals surface area contributed by atoms with E-state index >= 15 is 0 Å². The summed E-state index contributed by atoms with van der Waals surface area (Å²) in [4.78, 5) is 25.7. The fourth-order valence-electron chi connectivity index (χ4n) is 2.71. The molecule has 0 unspecified atom stereocenters. The molecule has 4 rings (SSSR count). The van der Waals surface area contributed by atoms with Crippen LogP contribution in [0, 0.1) is 12.7 Å². The maximum Gasteiger partial charge on any atom is 0.197 e. The number of carbonyl (C=O) groups excluding carboxylic acids is 1. The molecule has 1 N–H and O–H groups in total. The lowest BCUT2D eigenvalue weighted by Crippen LogP contribution is -2.06. The zero-order valence-electron chi connectivity index (χ0n) is 14.0. The number of rotatable bonds is 3. The number of hydrogen-bond donors (Lipinski definition) is 1. The van der Waals surface area contributed by atoms with Gasteiger partial charge in [-0.1, -0.05) is 11.6 Å². The van der Waals surface area contributed by atoms with Crippen LogP contribution in [0.15, 0.2) is 49.1 Å². The minimum atomic E-state index is -0.809. The van der Waals surface area contributed by atoms with Crippen LogP contribution in [0.1, 0.15) is 21.6 Å². The molecule has 6 nitrogen and oxygen atoms in total. The van der Waals surface area contributed by atoms with Crippen molar-refractivity contribution in [3.63, 3.8) is 0 Å². The molecule has 0 aliphatic heterocycles. The average molecular weight is 383 g/mol. The average Bonchev–Trinajstić information content (AvgIpc) is 3.10. The number of hydrogen-bond acceptors (Lipinski definition) is 5. The fraction of sp³-hybridized carbons (Fsp3) is 0.0526. The maximum absolute atomic E-state index is 14.1. The number of imidazole rings is 1. The second-order valence-electron chi connectivity index (χ2n) is 5.94. The summed E-state index contributed by atoms with van der Waals surface area (Å²) >= 11 is 5.92. The van der Waals surface area contributed by atoms with Gasteiger partial charge in [-0.15, -0.1) is 0 Å². The van der Waals surface area contributed by atoms with Gasteiger partial charge in [-0.3, -0.25) is 14.3 Å². The third kappa shape index (κ3) is 3.02. The Balaban J connectivity index is 1.81. The van der Waals surface area contributed by atoms with Gasteiger partial charge >= 0.3 is 0 Å². The molecule has 0 amide bonds. The summed E-state index contributed by atoms with van der Waals surface area (Å²) in [6.07, 6.45) is 5.01. The Bertz CT molecular complexity index is 1210. The normalized spacial score (nSPS) is 11.1. The topological polar surface area (TPSA) is 80.9 Å². The first-order valence-corrected chi connectivity index (χ1v) is 8.31. The second-order valence-corrected chi connectivity index (χ2v) is 6.32. The van der Waals surface area contributed by atoms with E-state index in [-0.39, 0.29) is 21.9 Å². The Morgan fingerprint density at radius 1 is 1.19 bits per heavy atom. The first-order chi connectivity index (χ1) is 12.9. The Morgan fingerprint density at radius 2 is 2.00 bits per heavy atom. The predicted octanol–water partition coefficient (Wildman–Crippen LogP) is 3.85. The Kier molecular flexibility index (Phi) is 4.08. The summed E-state index contributed by atoms with van der Waals surface area (Å²) in [5.74, 6) is -1.29. The number of aromatic nitrogens is 4. The zero-order chi connectivity index (χ0) is 19.1. The molecule has 0 radical (unpaired) electrons. The fourth-order valence-corrected chi connectivity index (χ4v) is 2.95. The number of phenols is 1. The molecule has 0 fully saturated rings. The van der Waals surface area contributed by atoms with E-state index < -0.39 is 11.6 Å². The molecule has 0 spiro atoms. The third-order valence-electron chi connectivity index (χ3n) is 4.07. The van der Waals surface area contributed by atoms with Crippen LogP contribution in [0.25, 0.3) is 16.9 Å². The standard InChI is InChI=1S/C19H12ClFN4O2/c1-10-8-25(9-23-10)16-7-22-13-4-2-11(6-14(13)24-16)19(27)17-12(21)3-5-15(26)18(17)20/h2-9,26H,1H3. The van der Waals surface area contributed by atoms with Gasteiger partial charge in [-0.05, 0) is 37.3 Å². The van der Waals surface area contributed by atoms with Crippen LogP contribution in [0.5, 0.6) is 5.75 Å². The van der Waals surface area contributed by atoms with Crippen LogP contribution in [0.4, 0.5) is 4.39 Å². The van der Waals surface area contributed by atoms with Crippen molar-refractivity contribution < 1.29 is 14.3 Å². The molecule has 0 bridgehead atoms. The summed E-state index contributed by atoms with van der Waals surface area (Å²) in [6.45, 7) is 1.86. The van der Waals surface area contributed by atoms with Crippen molar-refractivity contribution in [3.8, 4) is 11.6 Å². The van der Waals surface area contributed by atoms with Crippen LogP contribution in [0.2, 0.25) is 5.02 Å². The Morgan fingerprint density at radius 3 is 2.74 bits per heavy atom. The van der Waals surface area contributed by atoms with E-state index in [9.17, 15) is 14.3 Å². The monoisotopic (exact) mass is 382 g/mol. The molecular weight excluding hydrogens is 371 g/mol. The van der Waals surface area contributed by atoms with Crippen molar-refractivity contribution in [1.29, 1.82) is 0 Å². The Labute approximate surface area is 157 Å². The van der Waals surface area contributed by atoms with E-state index in [1.807, 2.05) is 6.92 Å². The smallest absolute Gasteiger partial charge is 0.197 e. The van der Waals surface area contributed by atoms with E-state index in [1.54, 1.807) is 29.4 Å². The molecule has 2 aromatic heterocycles. The number of nitrogens with zero attached hydrogens (tertiary/aromatic N) is 4. The highest BCUT2D eigenvalue weighted by Gasteiger charge is 2.21. The van der Waals surface area contributed by atoms with Crippen molar-refractivity contribution in [2.75, 3.05) is 0 Å². The number of aromatic hydroxyl groups is 1. The molecule has 0 aliphatic carbocycles. The molecule has 0 saturated heterocycles. The van der Waals surface area contributed by atoms with E-state index in [0.29, 0.717) is 16.9 Å². The highest BCUT2D eigenvalue weighted by Crippen LogP contribution is 2.31. The minimum Gasteiger partial charge on any atom is -0.506 e. The lowest BCUT2D eigenvalue weighted by atomic mass is 10.0. The SMILES string of the molecule is Cc1cn(-c2cnc3ccc(C(=O)c4c(F)ccc(O)c4Cl)cc3n2)cn1. The van der Waals surface area contributed by atoms with Crippen LogP contribution in [0.3, 0.4) is 0 Å². The number of carbonyl (C=O) groups is 1. The summed E-state index contributed by atoms with van der Waals surface area (Å²) in [7, 11) is 0. The molecule has 2 heterocycles. The minimum absolute atomic E-state index is 0.183. The summed E-state index contributed by atoms with van der Waals surface area (Å²) in [5.41, 5.74) is 1.67. The summed E-state index contributed by atoms with van der Waals surface area (Å²) in [6, 6.07) is 6.74. The molecule has 0 atom stereocenters. The molecular formula is C19H12ClFN4O2. The van der Waals surface area contributed by atoms with E-state index in [2.05, 4.69) is 15.0 Å². The van der Waals surface area contributed by atoms with Crippen LogP contribution < -0.4 is 0 Å².